The summed E-state index contributed by atoms with van der Waals surface area (Å²) in [5, 5.41) is 5.45. The number of piperazine rings is 1. The van der Waals surface area contributed by atoms with Gasteiger partial charge in [0.05, 0.1) is 6.61 Å². The minimum absolute atomic E-state index is 0.130. The number of anilines is 2. The lowest BCUT2D eigenvalue weighted by Gasteiger charge is -2.35. The van der Waals surface area contributed by atoms with E-state index in [9.17, 15) is 9.59 Å². The lowest BCUT2D eigenvalue weighted by molar-refractivity contribution is -0.116. The van der Waals surface area contributed by atoms with Crippen molar-refractivity contribution in [3.8, 4) is 0 Å². The van der Waals surface area contributed by atoms with Crippen molar-refractivity contribution in [2.45, 2.75) is 27.2 Å². The molecule has 1 saturated heterocycles. The zero-order valence-electron chi connectivity index (χ0n) is 16.0. The van der Waals surface area contributed by atoms with E-state index in [1.54, 1.807) is 6.92 Å². The molecule has 1 aromatic rings. The predicted molar refractivity (Wildman–Crippen MR) is 104 cm³/mol. The van der Waals surface area contributed by atoms with Crippen LogP contribution in [-0.2, 0) is 9.53 Å². The first-order valence-electron chi connectivity index (χ1n) is 9.32. The van der Waals surface area contributed by atoms with Gasteiger partial charge in [0.25, 0.3) is 0 Å². The Morgan fingerprint density at radius 1 is 1.15 bits per heavy atom. The Balaban J connectivity index is 1.83. The largest absolute Gasteiger partial charge is 0.450 e. The Kier molecular flexibility index (Phi) is 7.72. The number of alkyl carbamates (subject to hydrolysis) is 1. The molecule has 2 rings (SSSR count). The molecule has 7 nitrogen and oxygen atoms in total. The fourth-order valence-corrected chi connectivity index (χ4v) is 2.98. The van der Waals surface area contributed by atoms with Crippen LogP contribution in [0.3, 0.4) is 0 Å². The Morgan fingerprint density at radius 3 is 2.50 bits per heavy atom. The quantitative estimate of drug-likeness (QED) is 0.778. The Morgan fingerprint density at radius 2 is 1.88 bits per heavy atom. The number of amides is 2. The third-order valence-corrected chi connectivity index (χ3v) is 4.57. The second-order valence-electron chi connectivity index (χ2n) is 6.37. The maximum atomic E-state index is 12.0. The Hall–Kier alpha value is -2.28. The molecule has 144 valence electrons. The topological polar surface area (TPSA) is 73.9 Å². The SMILES string of the molecule is CCOC(=O)NCCC(=O)Nc1ccc(N2CCN(CC)CC2)cc1C. The molecule has 1 heterocycles. The monoisotopic (exact) mass is 362 g/mol. The van der Waals surface area contributed by atoms with E-state index in [1.165, 1.54) is 5.69 Å². The smallest absolute Gasteiger partial charge is 0.407 e. The first-order valence-corrected chi connectivity index (χ1v) is 9.32. The average molecular weight is 362 g/mol. The molecule has 0 saturated carbocycles. The molecule has 0 radical (unpaired) electrons. The molecule has 1 aliphatic rings. The molecule has 0 unspecified atom stereocenters. The van der Waals surface area contributed by atoms with Crippen LogP contribution in [0.2, 0.25) is 0 Å². The number of hydrogen-bond acceptors (Lipinski definition) is 5. The van der Waals surface area contributed by atoms with Gasteiger partial charge in [-0.05, 0) is 44.2 Å². The molecule has 2 N–H and O–H groups in total. The molecule has 1 aliphatic heterocycles. The number of carbonyl (C=O) groups is 2. The summed E-state index contributed by atoms with van der Waals surface area (Å²) in [5.74, 6) is -0.130. The number of hydrogen-bond donors (Lipinski definition) is 2. The molecular weight excluding hydrogens is 332 g/mol. The summed E-state index contributed by atoms with van der Waals surface area (Å²) in [6, 6.07) is 6.13. The number of nitrogens with one attached hydrogen (secondary N) is 2. The van der Waals surface area contributed by atoms with E-state index in [-0.39, 0.29) is 18.9 Å². The van der Waals surface area contributed by atoms with E-state index in [2.05, 4.69) is 39.5 Å². The standard InChI is InChI=1S/C19H30N4O3/c1-4-22-10-12-23(13-11-22)16-6-7-17(15(3)14-16)21-18(24)8-9-20-19(25)26-5-2/h6-7,14H,4-5,8-13H2,1-3H3,(H,20,25)(H,21,24). The summed E-state index contributed by atoms with van der Waals surface area (Å²) in [5.41, 5.74) is 3.04. The summed E-state index contributed by atoms with van der Waals surface area (Å²) in [4.78, 5) is 28.1. The van der Waals surface area contributed by atoms with Crippen LogP contribution in [0.5, 0.6) is 0 Å². The van der Waals surface area contributed by atoms with E-state index in [4.69, 9.17) is 4.74 Å². The zero-order chi connectivity index (χ0) is 18.9. The van der Waals surface area contributed by atoms with Crippen molar-refractivity contribution in [2.24, 2.45) is 0 Å². The Bertz CT molecular complexity index is 613. The molecule has 26 heavy (non-hydrogen) atoms. The van der Waals surface area contributed by atoms with Crippen molar-refractivity contribution in [1.82, 2.24) is 10.2 Å². The molecule has 1 aromatic carbocycles. The lowest BCUT2D eigenvalue weighted by atomic mass is 10.1. The van der Waals surface area contributed by atoms with Gasteiger partial charge >= 0.3 is 6.09 Å². The molecule has 0 spiro atoms. The summed E-state index contributed by atoms with van der Waals surface area (Å²) in [7, 11) is 0. The van der Waals surface area contributed by atoms with E-state index >= 15 is 0 Å². The minimum Gasteiger partial charge on any atom is -0.450 e. The number of likely N-dealkylation sites (N-methyl/N-ethyl adjacent to an activating group) is 1. The summed E-state index contributed by atoms with van der Waals surface area (Å²) < 4.78 is 4.76. The summed E-state index contributed by atoms with van der Waals surface area (Å²) in [6.45, 7) is 11.8. The number of ether oxygens (including phenoxy) is 1. The van der Waals surface area contributed by atoms with Crippen molar-refractivity contribution in [3.05, 3.63) is 23.8 Å². The molecule has 0 aliphatic carbocycles. The number of carbonyl (C=O) groups excluding carboxylic acids is 2. The molecule has 0 atom stereocenters. The fourth-order valence-electron chi connectivity index (χ4n) is 2.98. The van der Waals surface area contributed by atoms with Crippen LogP contribution in [-0.4, -0.2) is 62.8 Å². The van der Waals surface area contributed by atoms with Gasteiger partial charge in [0.15, 0.2) is 0 Å². The highest BCUT2D eigenvalue weighted by molar-refractivity contribution is 5.92. The van der Waals surface area contributed by atoms with E-state index in [0.717, 1.165) is 44.0 Å². The maximum absolute atomic E-state index is 12.0. The fraction of sp³-hybridized carbons (Fsp3) is 0.579. The molecular formula is C19H30N4O3. The predicted octanol–water partition coefficient (Wildman–Crippen LogP) is 2.21. The second-order valence-corrected chi connectivity index (χ2v) is 6.37. The highest BCUT2D eigenvalue weighted by Crippen LogP contribution is 2.23. The number of aryl methyl sites for hydroxylation is 1. The van der Waals surface area contributed by atoms with Gasteiger partial charge in [0.1, 0.15) is 0 Å². The van der Waals surface area contributed by atoms with Crippen LogP contribution in [0.1, 0.15) is 25.8 Å². The summed E-state index contributed by atoms with van der Waals surface area (Å²) >= 11 is 0. The van der Waals surface area contributed by atoms with Crippen LogP contribution in [0, 0.1) is 6.92 Å². The number of nitrogens with zero attached hydrogens (tertiary/aromatic N) is 2. The van der Waals surface area contributed by atoms with Gasteiger partial charge in [-0.3, -0.25) is 4.79 Å². The minimum atomic E-state index is -0.496. The van der Waals surface area contributed by atoms with Crippen LogP contribution in [0.4, 0.5) is 16.2 Å². The van der Waals surface area contributed by atoms with Gasteiger partial charge in [-0.25, -0.2) is 4.79 Å². The maximum Gasteiger partial charge on any atom is 0.407 e. The van der Waals surface area contributed by atoms with Gasteiger partial charge in [0, 0.05) is 50.5 Å². The third kappa shape index (κ3) is 5.91. The highest BCUT2D eigenvalue weighted by Gasteiger charge is 2.16. The second kappa shape index (κ2) is 10.0. The van der Waals surface area contributed by atoms with Crippen molar-refractivity contribution >= 4 is 23.4 Å². The highest BCUT2D eigenvalue weighted by atomic mass is 16.5. The van der Waals surface area contributed by atoms with Crippen LogP contribution < -0.4 is 15.5 Å². The van der Waals surface area contributed by atoms with E-state index < -0.39 is 6.09 Å². The normalized spacial score (nSPS) is 14.8. The molecule has 0 aromatic heterocycles. The van der Waals surface area contributed by atoms with Crippen LogP contribution in [0.25, 0.3) is 0 Å². The average Bonchev–Trinajstić information content (AvgIpc) is 2.63. The van der Waals surface area contributed by atoms with Gasteiger partial charge < -0.3 is 25.2 Å². The molecule has 7 heteroatoms. The van der Waals surface area contributed by atoms with Crippen molar-refractivity contribution < 1.29 is 14.3 Å². The van der Waals surface area contributed by atoms with Gasteiger partial charge in [0.2, 0.25) is 5.91 Å². The van der Waals surface area contributed by atoms with E-state index in [1.807, 2.05) is 13.0 Å². The van der Waals surface area contributed by atoms with Gasteiger partial charge in [-0.15, -0.1) is 0 Å². The first-order chi connectivity index (χ1) is 12.5. The Labute approximate surface area is 155 Å². The van der Waals surface area contributed by atoms with Crippen molar-refractivity contribution in [3.63, 3.8) is 0 Å². The number of benzene rings is 1. The van der Waals surface area contributed by atoms with Crippen molar-refractivity contribution in [2.75, 3.05) is 56.1 Å². The molecule has 1 fully saturated rings. The molecule has 2 amide bonds. The van der Waals surface area contributed by atoms with Gasteiger partial charge in [-0.1, -0.05) is 6.92 Å². The van der Waals surface area contributed by atoms with Gasteiger partial charge in [-0.2, -0.15) is 0 Å². The van der Waals surface area contributed by atoms with Crippen LogP contribution in [0.15, 0.2) is 18.2 Å². The zero-order valence-corrected chi connectivity index (χ0v) is 16.0. The third-order valence-electron chi connectivity index (χ3n) is 4.57. The van der Waals surface area contributed by atoms with Crippen molar-refractivity contribution in [1.29, 1.82) is 0 Å². The van der Waals surface area contributed by atoms with E-state index in [0.29, 0.717) is 6.61 Å². The summed E-state index contributed by atoms with van der Waals surface area (Å²) in [6.07, 6.45) is -0.289. The van der Waals surface area contributed by atoms with Crippen LogP contribution >= 0.6 is 0 Å². The first kappa shape index (κ1) is 20.0. The number of rotatable bonds is 7. The lowest BCUT2D eigenvalue weighted by Crippen LogP contribution is -2.46. The molecule has 0 bridgehead atoms.